The van der Waals surface area contributed by atoms with Gasteiger partial charge in [0.15, 0.2) is 0 Å². The molecule has 0 unspecified atom stereocenters. The van der Waals surface area contributed by atoms with E-state index in [0.717, 1.165) is 16.9 Å². The lowest BCUT2D eigenvalue weighted by Gasteiger charge is -1.99. The van der Waals surface area contributed by atoms with E-state index in [1.807, 2.05) is 24.3 Å². The Morgan fingerprint density at radius 2 is 2.00 bits per heavy atom. The summed E-state index contributed by atoms with van der Waals surface area (Å²) < 4.78 is 0. The number of carbonyl (C=O) groups excluding carboxylic acids is 1. The molecular formula is C17H16N4O2. The van der Waals surface area contributed by atoms with E-state index in [2.05, 4.69) is 20.5 Å². The number of hydrogen-bond acceptors (Lipinski definition) is 4. The highest BCUT2D eigenvalue weighted by Gasteiger charge is 2.05. The third-order valence-corrected chi connectivity index (χ3v) is 3.36. The van der Waals surface area contributed by atoms with Crippen LogP contribution in [0.5, 0.6) is 5.75 Å². The normalized spacial score (nSPS) is 11.1. The first kappa shape index (κ1) is 14.8. The molecule has 1 amide bonds. The molecule has 1 heterocycles. The fourth-order valence-electron chi connectivity index (χ4n) is 2.18. The van der Waals surface area contributed by atoms with Gasteiger partial charge < -0.3 is 10.1 Å². The van der Waals surface area contributed by atoms with Crippen molar-refractivity contribution in [2.45, 2.75) is 12.8 Å². The summed E-state index contributed by atoms with van der Waals surface area (Å²) in [7, 11) is 0. The number of carbonyl (C=O) groups is 1. The first-order valence-electron chi connectivity index (χ1n) is 7.26. The van der Waals surface area contributed by atoms with Crippen molar-refractivity contribution in [3.05, 3.63) is 59.9 Å². The zero-order chi connectivity index (χ0) is 16.1. The fraction of sp³-hybridized carbons (Fsp3) is 0.118. The molecule has 3 rings (SSSR count). The van der Waals surface area contributed by atoms with Gasteiger partial charge in [-0.1, -0.05) is 24.3 Å². The summed E-state index contributed by atoms with van der Waals surface area (Å²) in [6.45, 7) is 0. The van der Waals surface area contributed by atoms with Gasteiger partial charge in [0.25, 0.3) is 0 Å². The summed E-state index contributed by atoms with van der Waals surface area (Å²) in [6.07, 6.45) is 2.19. The van der Waals surface area contributed by atoms with Gasteiger partial charge in [0.1, 0.15) is 11.6 Å². The number of benzene rings is 2. The van der Waals surface area contributed by atoms with Crippen LogP contribution in [-0.2, 0) is 11.2 Å². The van der Waals surface area contributed by atoms with Crippen LogP contribution in [0.25, 0.3) is 11.0 Å². The van der Waals surface area contributed by atoms with Crippen LogP contribution in [0.2, 0.25) is 0 Å². The van der Waals surface area contributed by atoms with E-state index >= 15 is 0 Å². The standard InChI is InChI=1S/C17H16N4O2/c22-15-8-4-1-5-12(15)11-18-21-17(23)10-9-16-19-13-6-2-3-7-14(13)20-16/h1-8,11,22H,9-10H2,(H,19,20)(H,21,23)/b18-11-. The quantitative estimate of drug-likeness (QED) is 0.499. The van der Waals surface area contributed by atoms with Gasteiger partial charge in [0.05, 0.1) is 17.2 Å². The Kier molecular flexibility index (Phi) is 4.33. The number of hydrogen-bond donors (Lipinski definition) is 3. The maximum absolute atomic E-state index is 11.8. The van der Waals surface area contributed by atoms with Crippen LogP contribution < -0.4 is 5.43 Å². The minimum atomic E-state index is -0.211. The lowest BCUT2D eigenvalue weighted by molar-refractivity contribution is -0.121. The largest absolute Gasteiger partial charge is 0.507 e. The molecule has 6 nitrogen and oxygen atoms in total. The van der Waals surface area contributed by atoms with E-state index in [0.29, 0.717) is 12.0 Å². The molecule has 2 aromatic carbocycles. The topological polar surface area (TPSA) is 90.4 Å². The first-order valence-corrected chi connectivity index (χ1v) is 7.26. The third kappa shape index (κ3) is 3.74. The monoisotopic (exact) mass is 308 g/mol. The summed E-state index contributed by atoms with van der Waals surface area (Å²) in [5.74, 6) is 0.677. The zero-order valence-electron chi connectivity index (χ0n) is 12.4. The number of aromatic amines is 1. The lowest BCUT2D eigenvalue weighted by atomic mass is 10.2. The second kappa shape index (κ2) is 6.74. The second-order valence-corrected chi connectivity index (χ2v) is 5.05. The van der Waals surface area contributed by atoms with E-state index in [4.69, 9.17) is 0 Å². The Morgan fingerprint density at radius 1 is 1.22 bits per heavy atom. The molecule has 0 aliphatic heterocycles. The molecule has 0 bridgehead atoms. The van der Waals surface area contributed by atoms with Crippen LogP contribution >= 0.6 is 0 Å². The molecule has 0 aliphatic carbocycles. The highest BCUT2D eigenvalue weighted by molar-refractivity contribution is 5.85. The van der Waals surface area contributed by atoms with E-state index < -0.39 is 0 Å². The molecule has 0 saturated heterocycles. The molecule has 3 aromatic rings. The van der Waals surface area contributed by atoms with Crippen molar-refractivity contribution in [3.63, 3.8) is 0 Å². The Hall–Kier alpha value is -3.15. The number of fused-ring (bicyclic) bond motifs is 1. The molecule has 1 aromatic heterocycles. The van der Waals surface area contributed by atoms with Gasteiger partial charge in [0.2, 0.25) is 5.91 Å². The number of phenols is 1. The highest BCUT2D eigenvalue weighted by atomic mass is 16.3. The number of phenolic OH excluding ortho intramolecular Hbond substituents is 1. The van der Waals surface area contributed by atoms with Crippen LogP contribution in [0.15, 0.2) is 53.6 Å². The fourth-order valence-corrected chi connectivity index (χ4v) is 2.18. The summed E-state index contributed by atoms with van der Waals surface area (Å²) in [6, 6.07) is 14.5. The number of aromatic hydroxyl groups is 1. The van der Waals surface area contributed by atoms with Gasteiger partial charge in [-0.15, -0.1) is 0 Å². The van der Waals surface area contributed by atoms with E-state index in [9.17, 15) is 9.90 Å². The maximum Gasteiger partial charge on any atom is 0.240 e. The van der Waals surface area contributed by atoms with Crippen molar-refractivity contribution in [2.75, 3.05) is 0 Å². The number of aryl methyl sites for hydroxylation is 1. The van der Waals surface area contributed by atoms with Gasteiger partial charge in [-0.2, -0.15) is 5.10 Å². The summed E-state index contributed by atoms with van der Waals surface area (Å²) in [5.41, 5.74) is 4.83. The minimum absolute atomic E-state index is 0.118. The smallest absolute Gasteiger partial charge is 0.240 e. The van der Waals surface area contributed by atoms with Gasteiger partial charge in [0, 0.05) is 18.4 Å². The van der Waals surface area contributed by atoms with Crippen molar-refractivity contribution < 1.29 is 9.90 Å². The maximum atomic E-state index is 11.8. The second-order valence-electron chi connectivity index (χ2n) is 5.05. The number of imidazole rings is 1. The number of nitrogens with one attached hydrogen (secondary N) is 2. The highest BCUT2D eigenvalue weighted by Crippen LogP contribution is 2.13. The number of rotatable bonds is 5. The van der Waals surface area contributed by atoms with Gasteiger partial charge in [-0.05, 0) is 24.3 Å². The molecule has 0 aliphatic rings. The molecule has 0 spiro atoms. The van der Waals surface area contributed by atoms with Crippen LogP contribution in [0.3, 0.4) is 0 Å². The average molecular weight is 308 g/mol. The van der Waals surface area contributed by atoms with Crippen LogP contribution in [0, 0.1) is 0 Å². The third-order valence-electron chi connectivity index (χ3n) is 3.36. The Balaban J connectivity index is 1.52. The van der Waals surface area contributed by atoms with E-state index in [1.54, 1.807) is 24.3 Å². The van der Waals surface area contributed by atoms with Crippen molar-refractivity contribution >= 4 is 23.2 Å². The molecule has 116 valence electrons. The molecule has 23 heavy (non-hydrogen) atoms. The van der Waals surface area contributed by atoms with Crippen LogP contribution in [0.4, 0.5) is 0 Å². The van der Waals surface area contributed by atoms with Crippen molar-refractivity contribution in [3.8, 4) is 5.75 Å². The number of aromatic nitrogens is 2. The molecule has 6 heteroatoms. The van der Waals surface area contributed by atoms with Crippen molar-refractivity contribution in [2.24, 2.45) is 5.10 Å². The van der Waals surface area contributed by atoms with Crippen LogP contribution in [0.1, 0.15) is 17.8 Å². The number of para-hydroxylation sites is 3. The van der Waals surface area contributed by atoms with Gasteiger partial charge in [-0.25, -0.2) is 10.4 Å². The minimum Gasteiger partial charge on any atom is -0.507 e. The summed E-state index contributed by atoms with van der Waals surface area (Å²) in [4.78, 5) is 19.4. The number of nitrogens with zero attached hydrogens (tertiary/aromatic N) is 2. The van der Waals surface area contributed by atoms with Gasteiger partial charge >= 0.3 is 0 Å². The average Bonchev–Trinajstić information content (AvgIpc) is 2.98. The SMILES string of the molecule is O=C(CCc1nc2ccccc2[nH]1)N/N=C\c1ccccc1O. The molecular weight excluding hydrogens is 292 g/mol. The predicted octanol–water partition coefficient (Wildman–Crippen LogP) is 2.35. The summed E-state index contributed by atoms with van der Waals surface area (Å²) >= 11 is 0. The molecule has 0 saturated carbocycles. The number of amides is 1. The zero-order valence-corrected chi connectivity index (χ0v) is 12.4. The Labute approximate surface area is 132 Å². The molecule has 0 radical (unpaired) electrons. The van der Waals surface area contributed by atoms with Crippen molar-refractivity contribution in [1.82, 2.24) is 15.4 Å². The predicted molar refractivity (Wildman–Crippen MR) is 88.3 cm³/mol. The summed E-state index contributed by atoms with van der Waals surface area (Å²) in [5, 5.41) is 13.4. The molecule has 0 atom stereocenters. The van der Waals surface area contributed by atoms with Gasteiger partial charge in [-0.3, -0.25) is 4.79 Å². The van der Waals surface area contributed by atoms with E-state index in [1.165, 1.54) is 6.21 Å². The first-order chi connectivity index (χ1) is 11.2. The molecule has 0 fully saturated rings. The lowest BCUT2D eigenvalue weighted by Crippen LogP contribution is -2.18. The van der Waals surface area contributed by atoms with Crippen molar-refractivity contribution in [1.29, 1.82) is 0 Å². The Bertz CT molecular complexity index is 821. The van der Waals surface area contributed by atoms with E-state index in [-0.39, 0.29) is 18.1 Å². The van der Waals surface area contributed by atoms with Crippen LogP contribution in [-0.4, -0.2) is 27.2 Å². The molecule has 3 N–H and O–H groups in total. The number of hydrazone groups is 1. The Morgan fingerprint density at radius 3 is 2.83 bits per heavy atom. The number of H-pyrrole nitrogens is 1.